The number of aryl methyl sites for hydroxylation is 1. The molecule has 4 heteroatoms. The Balaban J connectivity index is 2.26. The van der Waals surface area contributed by atoms with E-state index in [0.717, 1.165) is 11.1 Å². The SMILES string of the molecule is Cc1ccccc1/C=C(\C#N)C(=O)Nc1ccccc1Cl. The third kappa shape index (κ3) is 3.71. The Labute approximate surface area is 128 Å². The lowest BCUT2D eigenvalue weighted by Crippen LogP contribution is -2.13. The summed E-state index contributed by atoms with van der Waals surface area (Å²) in [6.45, 7) is 1.92. The molecule has 2 rings (SSSR count). The summed E-state index contributed by atoms with van der Waals surface area (Å²) in [5, 5.41) is 12.3. The Morgan fingerprint density at radius 1 is 1.19 bits per heavy atom. The van der Waals surface area contributed by atoms with Crippen LogP contribution in [-0.4, -0.2) is 5.91 Å². The molecule has 0 heterocycles. The largest absolute Gasteiger partial charge is 0.320 e. The second-order valence-electron chi connectivity index (χ2n) is 4.46. The Kier molecular flexibility index (Phi) is 4.76. The van der Waals surface area contributed by atoms with Gasteiger partial charge >= 0.3 is 0 Å². The lowest BCUT2D eigenvalue weighted by molar-refractivity contribution is -0.112. The molecule has 104 valence electrons. The van der Waals surface area contributed by atoms with Gasteiger partial charge in [0, 0.05) is 0 Å². The molecule has 0 aliphatic carbocycles. The van der Waals surface area contributed by atoms with Gasteiger partial charge in [0.05, 0.1) is 10.7 Å². The summed E-state index contributed by atoms with van der Waals surface area (Å²) < 4.78 is 0. The van der Waals surface area contributed by atoms with E-state index in [1.165, 1.54) is 0 Å². The van der Waals surface area contributed by atoms with Crippen molar-refractivity contribution in [3.05, 3.63) is 70.3 Å². The summed E-state index contributed by atoms with van der Waals surface area (Å²) >= 11 is 5.98. The minimum atomic E-state index is -0.478. The number of carbonyl (C=O) groups excluding carboxylic acids is 1. The van der Waals surface area contributed by atoms with Crippen LogP contribution in [0.2, 0.25) is 5.02 Å². The molecule has 0 aromatic heterocycles. The van der Waals surface area contributed by atoms with Gasteiger partial charge in [-0.3, -0.25) is 4.79 Å². The molecule has 2 aromatic carbocycles. The summed E-state index contributed by atoms with van der Waals surface area (Å²) in [7, 11) is 0. The first-order valence-electron chi connectivity index (χ1n) is 6.35. The van der Waals surface area contributed by atoms with Gasteiger partial charge in [0.25, 0.3) is 5.91 Å². The van der Waals surface area contributed by atoms with E-state index in [0.29, 0.717) is 10.7 Å². The third-order valence-corrected chi connectivity index (χ3v) is 3.31. The van der Waals surface area contributed by atoms with Crippen molar-refractivity contribution in [2.24, 2.45) is 0 Å². The van der Waals surface area contributed by atoms with Crippen molar-refractivity contribution in [3.63, 3.8) is 0 Å². The highest BCUT2D eigenvalue weighted by Gasteiger charge is 2.11. The average molecular weight is 297 g/mol. The van der Waals surface area contributed by atoms with Gasteiger partial charge in [0.15, 0.2) is 0 Å². The number of rotatable bonds is 3. The van der Waals surface area contributed by atoms with Crippen LogP contribution in [0.15, 0.2) is 54.1 Å². The molecule has 0 atom stereocenters. The average Bonchev–Trinajstić information content (AvgIpc) is 2.48. The Hall–Kier alpha value is -2.57. The number of anilines is 1. The molecule has 0 aliphatic heterocycles. The molecule has 3 nitrogen and oxygen atoms in total. The number of nitrogens with one attached hydrogen (secondary N) is 1. The number of carbonyl (C=O) groups is 1. The molecular formula is C17H13ClN2O. The van der Waals surface area contributed by atoms with Crippen LogP contribution in [0.4, 0.5) is 5.69 Å². The van der Waals surface area contributed by atoms with Crippen molar-refractivity contribution in [1.29, 1.82) is 5.26 Å². The molecule has 0 bridgehead atoms. The predicted octanol–water partition coefficient (Wildman–Crippen LogP) is 4.19. The van der Waals surface area contributed by atoms with Crippen LogP contribution >= 0.6 is 11.6 Å². The number of hydrogen-bond acceptors (Lipinski definition) is 2. The minimum Gasteiger partial charge on any atom is -0.320 e. The number of benzene rings is 2. The highest BCUT2D eigenvalue weighted by atomic mass is 35.5. The van der Waals surface area contributed by atoms with Gasteiger partial charge in [-0.2, -0.15) is 5.26 Å². The monoisotopic (exact) mass is 296 g/mol. The second kappa shape index (κ2) is 6.74. The van der Waals surface area contributed by atoms with Gasteiger partial charge in [-0.25, -0.2) is 0 Å². The first-order valence-corrected chi connectivity index (χ1v) is 6.73. The maximum Gasteiger partial charge on any atom is 0.266 e. The number of amides is 1. The van der Waals surface area contributed by atoms with Crippen molar-refractivity contribution >= 4 is 29.3 Å². The molecule has 0 saturated carbocycles. The predicted molar refractivity (Wildman–Crippen MR) is 84.9 cm³/mol. The first-order chi connectivity index (χ1) is 10.1. The van der Waals surface area contributed by atoms with Gasteiger partial charge in [0.1, 0.15) is 11.6 Å². The zero-order valence-corrected chi connectivity index (χ0v) is 12.2. The molecule has 0 unspecified atom stereocenters. The molecule has 1 N–H and O–H groups in total. The molecular weight excluding hydrogens is 284 g/mol. The standard InChI is InChI=1S/C17H13ClN2O/c1-12-6-2-3-7-13(12)10-14(11-19)17(21)20-16-9-5-4-8-15(16)18/h2-10H,1H3,(H,20,21)/b14-10+. The molecule has 2 aromatic rings. The van der Waals surface area contributed by atoms with E-state index in [9.17, 15) is 10.1 Å². The fourth-order valence-corrected chi connectivity index (χ4v) is 1.99. The highest BCUT2D eigenvalue weighted by Crippen LogP contribution is 2.21. The zero-order valence-electron chi connectivity index (χ0n) is 11.4. The van der Waals surface area contributed by atoms with Crippen LogP contribution in [0.25, 0.3) is 6.08 Å². The van der Waals surface area contributed by atoms with Crippen molar-refractivity contribution < 1.29 is 4.79 Å². The number of nitriles is 1. The summed E-state index contributed by atoms with van der Waals surface area (Å²) in [4.78, 5) is 12.2. The van der Waals surface area contributed by atoms with Crippen LogP contribution in [0.5, 0.6) is 0 Å². The van der Waals surface area contributed by atoms with Crippen LogP contribution in [0.3, 0.4) is 0 Å². The van der Waals surface area contributed by atoms with E-state index < -0.39 is 5.91 Å². The van der Waals surface area contributed by atoms with Crippen molar-refractivity contribution in [3.8, 4) is 6.07 Å². The Morgan fingerprint density at radius 2 is 1.86 bits per heavy atom. The molecule has 1 amide bonds. The van der Waals surface area contributed by atoms with E-state index in [2.05, 4.69) is 5.32 Å². The van der Waals surface area contributed by atoms with Crippen LogP contribution in [-0.2, 0) is 4.79 Å². The smallest absolute Gasteiger partial charge is 0.266 e. The van der Waals surface area contributed by atoms with Gasteiger partial charge in [-0.05, 0) is 36.3 Å². The maximum atomic E-state index is 12.2. The zero-order chi connectivity index (χ0) is 15.2. The number of halogens is 1. The summed E-state index contributed by atoms with van der Waals surface area (Å²) in [5.74, 6) is -0.478. The van der Waals surface area contributed by atoms with Crippen LogP contribution < -0.4 is 5.32 Å². The van der Waals surface area contributed by atoms with Gasteiger partial charge in [-0.15, -0.1) is 0 Å². The van der Waals surface area contributed by atoms with Crippen molar-refractivity contribution in [1.82, 2.24) is 0 Å². The van der Waals surface area contributed by atoms with Crippen molar-refractivity contribution in [2.75, 3.05) is 5.32 Å². The van der Waals surface area contributed by atoms with Crippen LogP contribution in [0, 0.1) is 18.3 Å². The molecule has 0 spiro atoms. The van der Waals surface area contributed by atoms with Gasteiger partial charge < -0.3 is 5.32 Å². The third-order valence-electron chi connectivity index (χ3n) is 2.98. The molecule has 21 heavy (non-hydrogen) atoms. The fourth-order valence-electron chi connectivity index (χ4n) is 1.81. The summed E-state index contributed by atoms with van der Waals surface area (Å²) in [6.07, 6.45) is 1.57. The number of hydrogen-bond donors (Lipinski definition) is 1. The summed E-state index contributed by atoms with van der Waals surface area (Å²) in [6, 6.07) is 16.4. The second-order valence-corrected chi connectivity index (χ2v) is 4.87. The molecule has 0 saturated heterocycles. The van der Waals surface area contributed by atoms with E-state index in [4.69, 9.17) is 11.6 Å². The first kappa shape index (κ1) is 14.8. The quantitative estimate of drug-likeness (QED) is 0.682. The van der Waals surface area contributed by atoms with E-state index in [1.54, 1.807) is 30.3 Å². The van der Waals surface area contributed by atoms with E-state index in [1.807, 2.05) is 37.3 Å². The highest BCUT2D eigenvalue weighted by molar-refractivity contribution is 6.34. The number of nitrogens with zero attached hydrogens (tertiary/aromatic N) is 1. The van der Waals surface area contributed by atoms with Gasteiger partial charge in [0.2, 0.25) is 0 Å². The fraction of sp³-hybridized carbons (Fsp3) is 0.0588. The van der Waals surface area contributed by atoms with E-state index >= 15 is 0 Å². The van der Waals surface area contributed by atoms with Gasteiger partial charge in [-0.1, -0.05) is 48.0 Å². The Morgan fingerprint density at radius 3 is 2.52 bits per heavy atom. The lowest BCUT2D eigenvalue weighted by Gasteiger charge is -2.06. The minimum absolute atomic E-state index is 0.0317. The summed E-state index contributed by atoms with van der Waals surface area (Å²) in [5.41, 5.74) is 2.35. The molecule has 0 radical (unpaired) electrons. The van der Waals surface area contributed by atoms with Crippen molar-refractivity contribution in [2.45, 2.75) is 6.92 Å². The topological polar surface area (TPSA) is 52.9 Å². The Bertz CT molecular complexity index is 744. The lowest BCUT2D eigenvalue weighted by atomic mass is 10.1. The molecule has 0 aliphatic rings. The van der Waals surface area contributed by atoms with Crippen LogP contribution in [0.1, 0.15) is 11.1 Å². The van der Waals surface area contributed by atoms with E-state index in [-0.39, 0.29) is 5.57 Å². The maximum absolute atomic E-state index is 12.2. The molecule has 0 fully saturated rings. The number of para-hydroxylation sites is 1. The normalized spacial score (nSPS) is 10.8.